The molecule has 0 aromatic carbocycles. The van der Waals surface area contributed by atoms with Gasteiger partial charge in [-0.3, -0.25) is 9.69 Å². The van der Waals surface area contributed by atoms with Crippen LogP contribution in [-0.4, -0.2) is 41.9 Å². The van der Waals surface area contributed by atoms with E-state index in [0.29, 0.717) is 11.8 Å². The van der Waals surface area contributed by atoms with E-state index in [1.54, 1.807) is 17.6 Å². The summed E-state index contributed by atoms with van der Waals surface area (Å²) in [5.41, 5.74) is 1.38. The molecule has 1 aliphatic carbocycles. The summed E-state index contributed by atoms with van der Waals surface area (Å²) < 4.78 is 5.42. The molecule has 0 bridgehead atoms. The first-order valence-electron chi connectivity index (χ1n) is 7.87. The van der Waals surface area contributed by atoms with E-state index in [2.05, 4.69) is 21.7 Å². The molecule has 22 heavy (non-hydrogen) atoms. The minimum absolute atomic E-state index is 0.148. The third kappa shape index (κ3) is 2.83. The molecule has 2 aromatic heterocycles. The van der Waals surface area contributed by atoms with Crippen LogP contribution in [0.1, 0.15) is 23.7 Å². The molecular weight excluding hydrogens is 296 g/mol. The zero-order chi connectivity index (χ0) is 14.9. The topological polar surface area (TPSA) is 36.7 Å². The lowest BCUT2D eigenvalue weighted by Crippen LogP contribution is -2.48. The fourth-order valence-corrected chi connectivity index (χ4v) is 3.95. The maximum atomic E-state index is 12.6. The fourth-order valence-electron chi connectivity index (χ4n) is 3.29. The third-order valence-electron chi connectivity index (χ3n) is 4.69. The highest BCUT2D eigenvalue weighted by Crippen LogP contribution is 2.48. The normalized spacial score (nSPS) is 25.4. The molecule has 116 valence electrons. The van der Waals surface area contributed by atoms with E-state index in [9.17, 15) is 4.79 Å². The van der Waals surface area contributed by atoms with Gasteiger partial charge >= 0.3 is 0 Å². The second-order valence-corrected chi connectivity index (χ2v) is 6.98. The molecule has 2 aliphatic rings. The summed E-state index contributed by atoms with van der Waals surface area (Å²) in [6.07, 6.45) is 2.64. The van der Waals surface area contributed by atoms with Gasteiger partial charge in [0, 0.05) is 44.6 Å². The summed E-state index contributed by atoms with van der Waals surface area (Å²) in [6, 6.07) is 6.06. The van der Waals surface area contributed by atoms with Gasteiger partial charge in [0.1, 0.15) is 5.76 Å². The van der Waals surface area contributed by atoms with Crippen LogP contribution >= 0.6 is 11.3 Å². The number of thiophene rings is 1. The van der Waals surface area contributed by atoms with Gasteiger partial charge in [0.25, 0.3) is 0 Å². The SMILES string of the molecule is O=C([C@H]1C[C@@H]1c1ccco1)N1CCN(Cc2ccsc2)CC1. The van der Waals surface area contributed by atoms with Crippen molar-refractivity contribution in [2.75, 3.05) is 26.2 Å². The number of carbonyl (C=O) groups is 1. The second-order valence-electron chi connectivity index (χ2n) is 6.20. The van der Waals surface area contributed by atoms with Crippen molar-refractivity contribution in [2.45, 2.75) is 18.9 Å². The first kappa shape index (κ1) is 14.0. The Kier molecular flexibility index (Phi) is 3.76. The van der Waals surface area contributed by atoms with Gasteiger partial charge in [0.15, 0.2) is 0 Å². The van der Waals surface area contributed by atoms with Gasteiger partial charge in [0.05, 0.1) is 6.26 Å². The van der Waals surface area contributed by atoms with Crippen molar-refractivity contribution in [3.63, 3.8) is 0 Å². The van der Waals surface area contributed by atoms with Crippen LogP contribution in [0.2, 0.25) is 0 Å². The number of furan rings is 1. The summed E-state index contributed by atoms with van der Waals surface area (Å²) in [7, 11) is 0. The molecule has 4 rings (SSSR count). The van der Waals surface area contributed by atoms with Gasteiger partial charge in [-0.15, -0.1) is 0 Å². The quantitative estimate of drug-likeness (QED) is 0.870. The van der Waals surface area contributed by atoms with Crippen molar-refractivity contribution in [2.24, 2.45) is 5.92 Å². The van der Waals surface area contributed by atoms with Crippen molar-refractivity contribution in [1.82, 2.24) is 9.80 Å². The van der Waals surface area contributed by atoms with Gasteiger partial charge in [0.2, 0.25) is 5.91 Å². The van der Waals surface area contributed by atoms with E-state index in [1.165, 1.54) is 5.56 Å². The highest BCUT2D eigenvalue weighted by molar-refractivity contribution is 7.07. The summed E-state index contributed by atoms with van der Waals surface area (Å²) >= 11 is 1.74. The summed E-state index contributed by atoms with van der Waals surface area (Å²) in [5, 5.41) is 4.33. The zero-order valence-corrected chi connectivity index (χ0v) is 13.3. The molecule has 1 saturated heterocycles. The van der Waals surface area contributed by atoms with Crippen molar-refractivity contribution < 1.29 is 9.21 Å². The molecule has 0 unspecified atom stereocenters. The van der Waals surface area contributed by atoms with Crippen molar-refractivity contribution in [1.29, 1.82) is 0 Å². The van der Waals surface area contributed by atoms with Gasteiger partial charge < -0.3 is 9.32 Å². The Morgan fingerprint density at radius 3 is 2.82 bits per heavy atom. The van der Waals surface area contributed by atoms with Gasteiger partial charge in [-0.1, -0.05) is 0 Å². The highest BCUT2D eigenvalue weighted by atomic mass is 32.1. The smallest absolute Gasteiger partial charge is 0.226 e. The predicted octanol–water partition coefficient (Wildman–Crippen LogP) is 2.79. The average Bonchev–Trinajstić information content (AvgIpc) is 2.94. The molecule has 5 heteroatoms. The lowest BCUT2D eigenvalue weighted by molar-refractivity contribution is -0.134. The zero-order valence-electron chi connectivity index (χ0n) is 12.5. The molecule has 2 aromatic rings. The Balaban J connectivity index is 1.28. The van der Waals surface area contributed by atoms with Crippen LogP contribution in [0, 0.1) is 5.92 Å². The minimum atomic E-state index is 0.148. The van der Waals surface area contributed by atoms with Crippen LogP contribution in [0.4, 0.5) is 0 Å². The Hall–Kier alpha value is -1.59. The van der Waals surface area contributed by atoms with E-state index in [1.807, 2.05) is 17.0 Å². The summed E-state index contributed by atoms with van der Waals surface area (Å²) in [6.45, 7) is 4.65. The molecule has 0 spiro atoms. The Labute approximate surface area is 134 Å². The number of carbonyl (C=O) groups excluding carboxylic acids is 1. The van der Waals surface area contributed by atoms with Gasteiger partial charge in [-0.05, 0) is 40.9 Å². The fraction of sp³-hybridized carbons (Fsp3) is 0.471. The van der Waals surface area contributed by atoms with Crippen molar-refractivity contribution in [3.8, 4) is 0 Å². The monoisotopic (exact) mass is 316 g/mol. The van der Waals surface area contributed by atoms with E-state index in [4.69, 9.17) is 4.42 Å². The summed E-state index contributed by atoms with van der Waals surface area (Å²) in [5.74, 6) is 1.74. The van der Waals surface area contributed by atoms with E-state index in [-0.39, 0.29) is 5.92 Å². The lowest BCUT2D eigenvalue weighted by Gasteiger charge is -2.34. The van der Waals surface area contributed by atoms with Crippen LogP contribution in [0.3, 0.4) is 0 Å². The maximum absolute atomic E-state index is 12.6. The first-order chi connectivity index (χ1) is 10.8. The molecule has 2 atom stereocenters. The van der Waals surface area contributed by atoms with Crippen LogP contribution in [0.5, 0.6) is 0 Å². The van der Waals surface area contributed by atoms with E-state index >= 15 is 0 Å². The molecule has 1 aliphatic heterocycles. The summed E-state index contributed by atoms with van der Waals surface area (Å²) in [4.78, 5) is 17.0. The number of amides is 1. The molecule has 1 saturated carbocycles. The largest absolute Gasteiger partial charge is 0.469 e. The molecule has 0 radical (unpaired) electrons. The number of hydrogen-bond donors (Lipinski definition) is 0. The molecule has 0 N–H and O–H groups in total. The molecule has 2 fully saturated rings. The average molecular weight is 316 g/mol. The number of piperazine rings is 1. The van der Waals surface area contributed by atoms with Gasteiger partial charge in [-0.25, -0.2) is 0 Å². The molecule has 1 amide bonds. The van der Waals surface area contributed by atoms with Crippen molar-refractivity contribution >= 4 is 17.2 Å². The van der Waals surface area contributed by atoms with Crippen LogP contribution in [-0.2, 0) is 11.3 Å². The molecular formula is C17H20N2O2S. The van der Waals surface area contributed by atoms with Gasteiger partial charge in [-0.2, -0.15) is 11.3 Å². The standard InChI is InChI=1S/C17H20N2O2S/c20-17(15-10-14(15)16-2-1-8-21-16)19-6-4-18(5-7-19)11-13-3-9-22-12-13/h1-3,8-9,12,14-15H,4-7,10-11H2/t14-,15-/m0/s1. The third-order valence-corrected chi connectivity index (χ3v) is 5.42. The van der Waals surface area contributed by atoms with E-state index in [0.717, 1.165) is 44.9 Å². The molecule has 3 heterocycles. The highest BCUT2D eigenvalue weighted by Gasteiger charge is 2.47. The Bertz CT molecular complexity index is 615. The first-order valence-corrected chi connectivity index (χ1v) is 8.81. The Morgan fingerprint density at radius 2 is 2.14 bits per heavy atom. The minimum Gasteiger partial charge on any atom is -0.469 e. The van der Waals surface area contributed by atoms with Crippen LogP contribution in [0.25, 0.3) is 0 Å². The number of nitrogens with zero attached hydrogens (tertiary/aromatic N) is 2. The number of rotatable bonds is 4. The van der Waals surface area contributed by atoms with Crippen LogP contribution < -0.4 is 0 Å². The van der Waals surface area contributed by atoms with Crippen molar-refractivity contribution in [3.05, 3.63) is 46.5 Å². The molecule has 4 nitrogen and oxygen atoms in total. The predicted molar refractivity (Wildman–Crippen MR) is 85.7 cm³/mol. The second kappa shape index (κ2) is 5.89. The lowest BCUT2D eigenvalue weighted by atomic mass is 10.2. The van der Waals surface area contributed by atoms with E-state index < -0.39 is 0 Å². The maximum Gasteiger partial charge on any atom is 0.226 e. The Morgan fingerprint density at radius 1 is 1.27 bits per heavy atom. The van der Waals surface area contributed by atoms with Crippen LogP contribution in [0.15, 0.2) is 39.6 Å². The number of hydrogen-bond acceptors (Lipinski definition) is 4.